The van der Waals surface area contributed by atoms with Gasteiger partial charge in [0, 0.05) is 6.92 Å². The number of esters is 1. The molecule has 0 aliphatic carbocycles. The zero-order chi connectivity index (χ0) is 8.85. The van der Waals surface area contributed by atoms with Crippen molar-refractivity contribution in [2.24, 2.45) is 5.92 Å². The van der Waals surface area contributed by atoms with Crippen molar-refractivity contribution >= 4 is 5.97 Å². The Hall–Kier alpha value is -1.05. The molecule has 0 aromatic heterocycles. The summed E-state index contributed by atoms with van der Waals surface area (Å²) in [6, 6.07) is 0. The minimum absolute atomic E-state index is 0.308. The van der Waals surface area contributed by atoms with Crippen LogP contribution in [0.2, 0.25) is 0 Å². The lowest BCUT2D eigenvalue weighted by molar-refractivity contribution is -0.135. The van der Waals surface area contributed by atoms with Crippen LogP contribution in [0.1, 0.15) is 20.8 Å². The average Bonchev–Trinajstić information content (AvgIpc) is 1.86. The van der Waals surface area contributed by atoms with Crippen molar-refractivity contribution in [1.29, 1.82) is 0 Å². The molecule has 0 saturated carbocycles. The molecule has 0 aromatic carbocycles. The summed E-state index contributed by atoms with van der Waals surface area (Å²) < 4.78 is 4.58. The molecule has 0 N–H and O–H groups in total. The van der Waals surface area contributed by atoms with Crippen LogP contribution in [-0.2, 0) is 9.53 Å². The van der Waals surface area contributed by atoms with Crippen molar-refractivity contribution in [3.8, 4) is 0 Å². The summed E-state index contributed by atoms with van der Waals surface area (Å²) in [7, 11) is 0. The fourth-order valence-electron chi connectivity index (χ4n) is 0.410. The van der Waals surface area contributed by atoms with Crippen molar-refractivity contribution in [3.63, 3.8) is 0 Å². The van der Waals surface area contributed by atoms with Crippen LogP contribution in [0.4, 0.5) is 0 Å². The molecule has 2 nitrogen and oxygen atoms in total. The van der Waals surface area contributed by atoms with Gasteiger partial charge < -0.3 is 4.74 Å². The second-order valence-electron chi connectivity index (χ2n) is 2.64. The van der Waals surface area contributed by atoms with Crippen molar-refractivity contribution < 1.29 is 9.53 Å². The molecule has 2 heteroatoms. The van der Waals surface area contributed by atoms with Gasteiger partial charge in [-0.15, -0.1) is 0 Å². The monoisotopic (exact) mass is 154 g/mol. The van der Waals surface area contributed by atoms with Crippen LogP contribution in [0.25, 0.3) is 0 Å². The summed E-state index contributed by atoms with van der Waals surface area (Å²) in [5.41, 5.74) is 0.950. The maximum absolute atomic E-state index is 10.3. The van der Waals surface area contributed by atoms with Crippen LogP contribution in [-0.4, -0.2) is 5.97 Å². The minimum Gasteiger partial charge on any atom is -0.435 e. The van der Waals surface area contributed by atoms with E-state index in [1.165, 1.54) is 13.2 Å². The molecule has 0 fully saturated rings. The second kappa shape index (κ2) is 4.72. The molecule has 0 radical (unpaired) electrons. The van der Waals surface area contributed by atoms with Gasteiger partial charge in [0.25, 0.3) is 0 Å². The quantitative estimate of drug-likeness (QED) is 0.354. The largest absolute Gasteiger partial charge is 0.435 e. The van der Waals surface area contributed by atoms with Crippen LogP contribution < -0.4 is 0 Å². The van der Waals surface area contributed by atoms with E-state index in [9.17, 15) is 4.79 Å². The topological polar surface area (TPSA) is 26.3 Å². The molecule has 0 aliphatic heterocycles. The smallest absolute Gasteiger partial charge is 0.307 e. The van der Waals surface area contributed by atoms with Crippen LogP contribution in [0, 0.1) is 5.92 Å². The summed E-state index contributed by atoms with van der Waals surface area (Å²) in [6.45, 7) is 9.19. The Bertz CT molecular complexity index is 178. The molecule has 62 valence electrons. The Morgan fingerprint density at radius 3 is 2.45 bits per heavy atom. The maximum Gasteiger partial charge on any atom is 0.307 e. The lowest BCUT2D eigenvalue weighted by Gasteiger charge is -2.01. The van der Waals surface area contributed by atoms with Gasteiger partial charge in [0.05, 0.1) is 6.26 Å². The fraction of sp³-hybridized carbons (Fsp3) is 0.444. The van der Waals surface area contributed by atoms with Crippen molar-refractivity contribution in [1.82, 2.24) is 0 Å². The average molecular weight is 154 g/mol. The lowest BCUT2D eigenvalue weighted by Crippen LogP contribution is -1.92. The van der Waals surface area contributed by atoms with E-state index in [0.29, 0.717) is 5.92 Å². The molecule has 0 rings (SSSR count). The molecule has 0 amide bonds. The van der Waals surface area contributed by atoms with Crippen molar-refractivity contribution in [2.75, 3.05) is 0 Å². The first-order valence-electron chi connectivity index (χ1n) is 3.56. The first-order valence-corrected chi connectivity index (χ1v) is 3.56. The highest BCUT2D eigenvalue weighted by Crippen LogP contribution is 2.07. The molecule has 0 aromatic rings. The van der Waals surface area contributed by atoms with Gasteiger partial charge in [-0.1, -0.05) is 20.4 Å². The van der Waals surface area contributed by atoms with Crippen molar-refractivity contribution in [2.45, 2.75) is 20.8 Å². The predicted molar refractivity (Wildman–Crippen MR) is 44.9 cm³/mol. The highest BCUT2D eigenvalue weighted by Gasteiger charge is 1.94. The van der Waals surface area contributed by atoms with E-state index in [1.54, 1.807) is 6.08 Å². The van der Waals surface area contributed by atoms with E-state index >= 15 is 0 Å². The number of hydrogen-bond donors (Lipinski definition) is 0. The lowest BCUT2D eigenvalue weighted by atomic mass is 10.1. The van der Waals surface area contributed by atoms with E-state index in [-0.39, 0.29) is 5.97 Å². The van der Waals surface area contributed by atoms with Gasteiger partial charge in [-0.3, -0.25) is 4.79 Å². The normalized spacial score (nSPS) is 10.5. The SMILES string of the molecule is C=C(C=COC(C)=O)C(C)C. The molecule has 0 heterocycles. The highest BCUT2D eigenvalue weighted by atomic mass is 16.5. The standard InChI is InChI=1S/C9H14O2/c1-7(2)8(3)5-6-11-9(4)10/h5-7H,3H2,1-2,4H3. The number of ether oxygens (including phenoxy) is 1. The van der Waals surface area contributed by atoms with E-state index in [2.05, 4.69) is 11.3 Å². The molecule has 11 heavy (non-hydrogen) atoms. The number of carbonyl (C=O) groups excluding carboxylic acids is 1. The highest BCUT2D eigenvalue weighted by molar-refractivity contribution is 5.66. The Kier molecular flexibility index (Phi) is 4.27. The Morgan fingerprint density at radius 2 is 2.09 bits per heavy atom. The van der Waals surface area contributed by atoms with Crippen molar-refractivity contribution in [3.05, 3.63) is 24.5 Å². The van der Waals surface area contributed by atoms with Gasteiger partial charge in [0.2, 0.25) is 0 Å². The van der Waals surface area contributed by atoms with E-state index in [4.69, 9.17) is 0 Å². The number of hydrogen-bond acceptors (Lipinski definition) is 2. The summed E-state index contributed by atoms with van der Waals surface area (Å²) in [5, 5.41) is 0. The second-order valence-corrected chi connectivity index (χ2v) is 2.64. The molecule has 0 unspecified atom stereocenters. The van der Waals surface area contributed by atoms with Gasteiger partial charge in [-0.05, 0) is 17.6 Å². The minimum atomic E-state index is -0.308. The van der Waals surface area contributed by atoms with E-state index in [1.807, 2.05) is 13.8 Å². The molecule has 0 atom stereocenters. The van der Waals surface area contributed by atoms with Gasteiger partial charge in [0.1, 0.15) is 0 Å². The van der Waals surface area contributed by atoms with Gasteiger partial charge in [-0.2, -0.15) is 0 Å². The summed E-state index contributed by atoms with van der Waals surface area (Å²) in [5.74, 6) is 0.0830. The van der Waals surface area contributed by atoms with E-state index in [0.717, 1.165) is 5.57 Å². The predicted octanol–water partition coefficient (Wildman–Crippen LogP) is 2.28. The Labute approximate surface area is 67.6 Å². The summed E-state index contributed by atoms with van der Waals surface area (Å²) in [4.78, 5) is 10.3. The van der Waals surface area contributed by atoms with Crippen LogP contribution in [0.5, 0.6) is 0 Å². The van der Waals surface area contributed by atoms with Crippen LogP contribution in [0.3, 0.4) is 0 Å². The van der Waals surface area contributed by atoms with Gasteiger partial charge in [0.15, 0.2) is 0 Å². The van der Waals surface area contributed by atoms with Gasteiger partial charge >= 0.3 is 5.97 Å². The molecule has 0 bridgehead atoms. The molecule has 0 aliphatic rings. The molecular weight excluding hydrogens is 140 g/mol. The third-order valence-electron chi connectivity index (χ3n) is 1.26. The summed E-state index contributed by atoms with van der Waals surface area (Å²) >= 11 is 0. The number of carbonyl (C=O) groups is 1. The molecular formula is C9H14O2. The van der Waals surface area contributed by atoms with Crippen LogP contribution >= 0.6 is 0 Å². The van der Waals surface area contributed by atoms with Crippen LogP contribution in [0.15, 0.2) is 24.5 Å². The Balaban J connectivity index is 3.75. The first-order chi connectivity index (χ1) is 5.04. The summed E-state index contributed by atoms with van der Waals surface area (Å²) in [6.07, 6.45) is 3.07. The van der Waals surface area contributed by atoms with Gasteiger partial charge in [-0.25, -0.2) is 0 Å². The Morgan fingerprint density at radius 1 is 1.55 bits per heavy atom. The number of allylic oxidation sites excluding steroid dienone is 2. The zero-order valence-corrected chi connectivity index (χ0v) is 7.26. The maximum atomic E-state index is 10.3. The number of rotatable bonds is 3. The third kappa shape index (κ3) is 5.40. The molecule has 0 saturated heterocycles. The molecule has 0 spiro atoms. The zero-order valence-electron chi connectivity index (χ0n) is 7.26. The fourth-order valence-corrected chi connectivity index (χ4v) is 0.410. The first kappa shape index (κ1) is 9.95. The van der Waals surface area contributed by atoms with E-state index < -0.39 is 0 Å². The third-order valence-corrected chi connectivity index (χ3v) is 1.26.